The summed E-state index contributed by atoms with van der Waals surface area (Å²) in [6.45, 7) is 4.21. The fourth-order valence-corrected chi connectivity index (χ4v) is 2.35. The molecule has 2 aromatic rings. The first-order chi connectivity index (χ1) is 11.1. The molecular weight excluding hydrogens is 286 g/mol. The summed E-state index contributed by atoms with van der Waals surface area (Å²) in [5.41, 5.74) is 2.93. The molecule has 0 bridgehead atoms. The van der Waals surface area contributed by atoms with Crippen molar-refractivity contribution in [3.05, 3.63) is 59.4 Å². The van der Waals surface area contributed by atoms with Gasteiger partial charge in [0.05, 0.1) is 24.7 Å². The Kier molecular flexibility index (Phi) is 5.81. The zero-order valence-corrected chi connectivity index (χ0v) is 14.0. The molecule has 5 nitrogen and oxygen atoms in total. The lowest BCUT2D eigenvalue weighted by atomic mass is 10.1. The molecule has 23 heavy (non-hydrogen) atoms. The smallest absolute Gasteiger partial charge is 0.194 e. The van der Waals surface area contributed by atoms with Gasteiger partial charge in [-0.2, -0.15) is 5.26 Å². The van der Waals surface area contributed by atoms with Gasteiger partial charge < -0.3 is 14.8 Å². The van der Waals surface area contributed by atoms with E-state index in [1.54, 1.807) is 6.07 Å². The van der Waals surface area contributed by atoms with Crippen LogP contribution >= 0.6 is 0 Å². The number of nitrogens with zero attached hydrogens (tertiary/aromatic N) is 4. The summed E-state index contributed by atoms with van der Waals surface area (Å²) < 4.78 is 2.11. The van der Waals surface area contributed by atoms with Gasteiger partial charge in [0.2, 0.25) is 0 Å². The molecule has 0 fully saturated rings. The number of benzene rings is 1. The topological polar surface area (TPSA) is 56.4 Å². The second-order valence-corrected chi connectivity index (χ2v) is 5.45. The van der Waals surface area contributed by atoms with Gasteiger partial charge in [0, 0.05) is 32.5 Å². The number of aryl methyl sites for hydroxylation is 1. The number of guanidine groups is 1. The highest BCUT2D eigenvalue weighted by Crippen LogP contribution is 2.07. The summed E-state index contributed by atoms with van der Waals surface area (Å²) >= 11 is 0. The molecule has 5 heteroatoms. The maximum absolute atomic E-state index is 8.97. The second-order valence-electron chi connectivity index (χ2n) is 5.45. The minimum Gasteiger partial charge on any atom is -0.357 e. The van der Waals surface area contributed by atoms with Crippen LogP contribution in [0.1, 0.15) is 23.7 Å². The summed E-state index contributed by atoms with van der Waals surface area (Å²) in [5, 5.41) is 12.3. The third kappa shape index (κ3) is 4.62. The summed E-state index contributed by atoms with van der Waals surface area (Å²) in [4.78, 5) is 6.79. The lowest BCUT2D eigenvalue weighted by Gasteiger charge is -2.22. The van der Waals surface area contributed by atoms with Gasteiger partial charge in [0.1, 0.15) is 0 Å². The van der Waals surface area contributed by atoms with Crippen LogP contribution in [0.4, 0.5) is 0 Å². The van der Waals surface area contributed by atoms with Crippen molar-refractivity contribution in [2.45, 2.75) is 20.0 Å². The Morgan fingerprint density at radius 3 is 2.83 bits per heavy atom. The molecule has 1 aromatic heterocycles. The van der Waals surface area contributed by atoms with Gasteiger partial charge in [0.15, 0.2) is 5.96 Å². The van der Waals surface area contributed by atoms with E-state index in [1.165, 1.54) is 5.69 Å². The number of nitrogens with one attached hydrogen (secondary N) is 1. The maximum atomic E-state index is 8.97. The van der Waals surface area contributed by atoms with Crippen LogP contribution in [0, 0.1) is 11.3 Å². The van der Waals surface area contributed by atoms with E-state index in [0.29, 0.717) is 12.1 Å². The lowest BCUT2D eigenvalue weighted by Crippen LogP contribution is -2.38. The standard InChI is InChI=1S/C18H23N5/c1-4-20-18(23(3)14-17-9-6-10-22(17)2)21-13-16-8-5-7-15(11-16)12-19/h5-11H,4,13-14H2,1-3H3,(H,20,21). The average molecular weight is 309 g/mol. The van der Waals surface area contributed by atoms with Crippen LogP contribution in [-0.2, 0) is 20.1 Å². The van der Waals surface area contributed by atoms with Crippen LogP contribution in [0.15, 0.2) is 47.6 Å². The molecular formula is C18H23N5. The minimum absolute atomic E-state index is 0.551. The molecule has 0 saturated heterocycles. The van der Waals surface area contributed by atoms with Gasteiger partial charge in [-0.15, -0.1) is 0 Å². The molecule has 1 aromatic carbocycles. The molecule has 0 aliphatic rings. The average Bonchev–Trinajstić information content (AvgIpc) is 2.96. The fraction of sp³-hybridized carbons (Fsp3) is 0.333. The van der Waals surface area contributed by atoms with E-state index in [-0.39, 0.29) is 0 Å². The number of aliphatic imine (C=N–C) groups is 1. The molecule has 1 N–H and O–H groups in total. The van der Waals surface area contributed by atoms with Gasteiger partial charge in [0.25, 0.3) is 0 Å². The number of nitriles is 1. The minimum atomic E-state index is 0.551. The maximum Gasteiger partial charge on any atom is 0.194 e. The Hall–Kier alpha value is -2.74. The Morgan fingerprint density at radius 2 is 2.17 bits per heavy atom. The molecule has 0 saturated carbocycles. The third-order valence-electron chi connectivity index (χ3n) is 3.61. The van der Waals surface area contributed by atoms with Crippen molar-refractivity contribution < 1.29 is 0 Å². The zero-order valence-electron chi connectivity index (χ0n) is 14.0. The summed E-state index contributed by atoms with van der Waals surface area (Å²) in [5.74, 6) is 0.857. The zero-order chi connectivity index (χ0) is 16.7. The Bertz CT molecular complexity index is 708. The van der Waals surface area contributed by atoms with E-state index >= 15 is 0 Å². The van der Waals surface area contributed by atoms with Crippen molar-refractivity contribution in [3.8, 4) is 6.07 Å². The first kappa shape index (κ1) is 16.6. The number of hydrogen-bond acceptors (Lipinski definition) is 2. The molecule has 0 spiro atoms. The lowest BCUT2D eigenvalue weighted by molar-refractivity contribution is 0.462. The van der Waals surface area contributed by atoms with Crippen LogP contribution < -0.4 is 5.32 Å². The molecule has 0 amide bonds. The van der Waals surface area contributed by atoms with Crippen LogP contribution in [0.25, 0.3) is 0 Å². The number of rotatable bonds is 5. The van der Waals surface area contributed by atoms with Gasteiger partial charge >= 0.3 is 0 Å². The molecule has 0 atom stereocenters. The van der Waals surface area contributed by atoms with Crippen molar-refractivity contribution in [1.82, 2.24) is 14.8 Å². The summed E-state index contributed by atoms with van der Waals surface area (Å²) in [6.07, 6.45) is 2.04. The molecule has 2 rings (SSSR count). The van der Waals surface area contributed by atoms with Crippen LogP contribution in [0.3, 0.4) is 0 Å². The Morgan fingerprint density at radius 1 is 1.35 bits per heavy atom. The fourth-order valence-electron chi connectivity index (χ4n) is 2.35. The largest absolute Gasteiger partial charge is 0.357 e. The SMILES string of the molecule is CCNC(=NCc1cccc(C#N)c1)N(C)Cc1cccn1C. The highest BCUT2D eigenvalue weighted by atomic mass is 15.3. The van der Waals surface area contributed by atoms with Crippen molar-refractivity contribution >= 4 is 5.96 Å². The first-order valence-electron chi connectivity index (χ1n) is 7.72. The van der Waals surface area contributed by atoms with Crippen LogP contribution in [0.5, 0.6) is 0 Å². The van der Waals surface area contributed by atoms with Crippen molar-refractivity contribution in [1.29, 1.82) is 5.26 Å². The Balaban J connectivity index is 2.10. The molecule has 1 heterocycles. The van der Waals surface area contributed by atoms with E-state index < -0.39 is 0 Å². The van der Waals surface area contributed by atoms with Gasteiger partial charge in [-0.25, -0.2) is 4.99 Å². The number of aromatic nitrogens is 1. The molecule has 0 aliphatic carbocycles. The summed E-state index contributed by atoms with van der Waals surface area (Å²) in [6, 6.07) is 13.9. The Labute approximate surface area is 137 Å². The molecule has 120 valence electrons. The van der Waals surface area contributed by atoms with Gasteiger partial charge in [-0.3, -0.25) is 0 Å². The number of hydrogen-bond donors (Lipinski definition) is 1. The second kappa shape index (κ2) is 8.04. The highest BCUT2D eigenvalue weighted by molar-refractivity contribution is 5.79. The van der Waals surface area contributed by atoms with Crippen molar-refractivity contribution in [2.24, 2.45) is 12.0 Å². The normalized spacial score (nSPS) is 11.1. The molecule has 0 unspecified atom stereocenters. The van der Waals surface area contributed by atoms with E-state index in [0.717, 1.165) is 24.6 Å². The first-order valence-corrected chi connectivity index (χ1v) is 7.72. The highest BCUT2D eigenvalue weighted by Gasteiger charge is 2.08. The van der Waals surface area contributed by atoms with Crippen molar-refractivity contribution in [2.75, 3.05) is 13.6 Å². The van der Waals surface area contributed by atoms with E-state index in [4.69, 9.17) is 5.26 Å². The van der Waals surface area contributed by atoms with Crippen molar-refractivity contribution in [3.63, 3.8) is 0 Å². The van der Waals surface area contributed by atoms with E-state index in [2.05, 4.69) is 38.8 Å². The van der Waals surface area contributed by atoms with E-state index in [1.807, 2.05) is 44.6 Å². The molecule has 0 aliphatic heterocycles. The summed E-state index contributed by atoms with van der Waals surface area (Å²) in [7, 11) is 4.07. The molecule has 0 radical (unpaired) electrons. The predicted molar refractivity (Wildman–Crippen MR) is 92.9 cm³/mol. The van der Waals surface area contributed by atoms with E-state index in [9.17, 15) is 0 Å². The quantitative estimate of drug-likeness (QED) is 0.682. The monoisotopic (exact) mass is 309 g/mol. The van der Waals surface area contributed by atoms with Gasteiger partial charge in [-0.05, 0) is 36.8 Å². The predicted octanol–water partition coefficient (Wildman–Crippen LogP) is 2.49. The third-order valence-corrected chi connectivity index (χ3v) is 3.61. The van der Waals surface area contributed by atoms with Gasteiger partial charge in [-0.1, -0.05) is 12.1 Å². The van der Waals surface area contributed by atoms with Crippen LogP contribution in [-0.4, -0.2) is 29.0 Å². The van der Waals surface area contributed by atoms with Crippen LogP contribution in [0.2, 0.25) is 0 Å².